The average molecular weight is 354 g/mol. The van der Waals surface area contributed by atoms with Gasteiger partial charge in [-0.3, -0.25) is 9.59 Å². The van der Waals surface area contributed by atoms with E-state index in [1.165, 1.54) is 12.5 Å². The topological polar surface area (TPSA) is 58.4 Å². The molecule has 1 fully saturated rings. The van der Waals surface area contributed by atoms with Crippen molar-refractivity contribution in [1.29, 1.82) is 0 Å². The molecule has 0 radical (unpaired) electrons. The fourth-order valence-corrected chi connectivity index (χ4v) is 3.49. The van der Waals surface area contributed by atoms with Crippen LogP contribution in [0.15, 0.2) is 42.7 Å². The number of carbonyl (C=O) groups is 2. The van der Waals surface area contributed by atoms with Crippen molar-refractivity contribution in [1.82, 2.24) is 19.4 Å². The van der Waals surface area contributed by atoms with Crippen molar-refractivity contribution < 1.29 is 9.59 Å². The molecule has 6 heteroatoms. The number of aromatic nitrogens is 2. The summed E-state index contributed by atoms with van der Waals surface area (Å²) in [4.78, 5) is 32.5. The second kappa shape index (κ2) is 8.17. The van der Waals surface area contributed by atoms with Gasteiger partial charge in [-0.1, -0.05) is 30.3 Å². The Morgan fingerprint density at radius 2 is 2.04 bits per heavy atom. The summed E-state index contributed by atoms with van der Waals surface area (Å²) in [6.07, 6.45) is 5.39. The Morgan fingerprint density at radius 3 is 2.69 bits per heavy atom. The molecule has 1 unspecified atom stereocenters. The summed E-state index contributed by atoms with van der Waals surface area (Å²) in [6.45, 7) is 3.63. The van der Waals surface area contributed by atoms with Crippen LogP contribution in [0.1, 0.15) is 30.7 Å². The quantitative estimate of drug-likeness (QED) is 0.795. The van der Waals surface area contributed by atoms with Gasteiger partial charge >= 0.3 is 0 Å². The molecule has 138 valence electrons. The van der Waals surface area contributed by atoms with E-state index in [2.05, 4.69) is 4.98 Å². The molecule has 0 aliphatic carbocycles. The van der Waals surface area contributed by atoms with Crippen LogP contribution >= 0.6 is 0 Å². The highest BCUT2D eigenvalue weighted by molar-refractivity contribution is 5.84. The van der Waals surface area contributed by atoms with Crippen LogP contribution in [0.4, 0.5) is 0 Å². The Hall–Kier alpha value is -2.63. The van der Waals surface area contributed by atoms with E-state index in [9.17, 15) is 9.59 Å². The lowest BCUT2D eigenvalue weighted by molar-refractivity contribution is -0.138. The molecule has 0 N–H and O–H groups in total. The van der Waals surface area contributed by atoms with E-state index in [1.54, 1.807) is 11.1 Å². The number of likely N-dealkylation sites (tertiary alicyclic amines) is 1. The minimum atomic E-state index is -0.0610. The number of aryl methyl sites for hydroxylation is 1. The van der Waals surface area contributed by atoms with Crippen molar-refractivity contribution in [2.24, 2.45) is 7.05 Å². The number of hydrogen-bond donors (Lipinski definition) is 0. The molecule has 0 saturated carbocycles. The van der Waals surface area contributed by atoms with Crippen LogP contribution in [0.3, 0.4) is 0 Å². The number of imidazole rings is 1. The van der Waals surface area contributed by atoms with Crippen molar-refractivity contribution in [3.63, 3.8) is 0 Å². The predicted octanol–water partition coefficient (Wildman–Crippen LogP) is 1.83. The SMILES string of the molecule is CC(=O)N(CCc1ccccc1)CC(=O)N1CCC(c2nccn2C)C1. The van der Waals surface area contributed by atoms with Gasteiger partial charge in [0.2, 0.25) is 11.8 Å². The highest BCUT2D eigenvalue weighted by Gasteiger charge is 2.30. The van der Waals surface area contributed by atoms with Crippen LogP contribution in [-0.4, -0.2) is 57.3 Å². The lowest BCUT2D eigenvalue weighted by Gasteiger charge is -2.24. The Bertz CT molecular complexity index is 756. The molecular formula is C20H26N4O2. The summed E-state index contributed by atoms with van der Waals surface area (Å²) in [5.74, 6) is 1.25. The van der Waals surface area contributed by atoms with Crippen LogP contribution in [0, 0.1) is 0 Å². The Labute approximate surface area is 154 Å². The third-order valence-corrected chi connectivity index (χ3v) is 5.05. The summed E-state index contributed by atoms with van der Waals surface area (Å²) in [5, 5.41) is 0. The smallest absolute Gasteiger partial charge is 0.242 e. The van der Waals surface area contributed by atoms with Gasteiger partial charge in [0.1, 0.15) is 5.82 Å². The van der Waals surface area contributed by atoms with Crippen LogP contribution in [-0.2, 0) is 23.1 Å². The minimum Gasteiger partial charge on any atom is -0.340 e. The molecule has 1 aliphatic rings. The maximum Gasteiger partial charge on any atom is 0.242 e. The summed E-state index contributed by atoms with van der Waals surface area (Å²) < 4.78 is 2.01. The van der Waals surface area contributed by atoms with E-state index in [0.29, 0.717) is 13.1 Å². The van der Waals surface area contributed by atoms with Gasteiger partial charge in [-0.05, 0) is 18.4 Å². The molecule has 1 atom stereocenters. The molecule has 26 heavy (non-hydrogen) atoms. The summed E-state index contributed by atoms with van der Waals surface area (Å²) in [7, 11) is 1.98. The zero-order valence-electron chi connectivity index (χ0n) is 15.5. The molecule has 0 spiro atoms. The van der Waals surface area contributed by atoms with Crippen LogP contribution in [0.25, 0.3) is 0 Å². The molecule has 6 nitrogen and oxygen atoms in total. The predicted molar refractivity (Wildman–Crippen MR) is 99.5 cm³/mol. The molecule has 1 saturated heterocycles. The molecule has 1 aromatic heterocycles. The van der Waals surface area contributed by atoms with E-state index in [1.807, 2.05) is 53.0 Å². The molecule has 2 heterocycles. The van der Waals surface area contributed by atoms with E-state index < -0.39 is 0 Å². The van der Waals surface area contributed by atoms with Crippen molar-refractivity contribution >= 4 is 11.8 Å². The van der Waals surface area contributed by atoms with E-state index in [4.69, 9.17) is 0 Å². The molecule has 0 bridgehead atoms. The second-order valence-electron chi connectivity index (χ2n) is 6.90. The number of benzene rings is 1. The molecular weight excluding hydrogens is 328 g/mol. The monoisotopic (exact) mass is 354 g/mol. The normalized spacial score (nSPS) is 16.7. The Morgan fingerprint density at radius 1 is 1.27 bits per heavy atom. The zero-order chi connectivity index (χ0) is 18.5. The average Bonchev–Trinajstić information content (AvgIpc) is 3.27. The third kappa shape index (κ3) is 4.31. The molecule has 1 aromatic carbocycles. The second-order valence-corrected chi connectivity index (χ2v) is 6.90. The van der Waals surface area contributed by atoms with Crippen molar-refractivity contribution in [2.45, 2.75) is 25.7 Å². The van der Waals surface area contributed by atoms with Crippen molar-refractivity contribution in [3.05, 3.63) is 54.1 Å². The molecule has 2 aromatic rings. The van der Waals surface area contributed by atoms with Crippen LogP contribution in [0.2, 0.25) is 0 Å². The summed E-state index contributed by atoms with van der Waals surface area (Å²) in [5.41, 5.74) is 1.17. The lowest BCUT2D eigenvalue weighted by Crippen LogP contribution is -2.42. The molecule has 2 amide bonds. The van der Waals surface area contributed by atoms with E-state index in [0.717, 1.165) is 25.2 Å². The first-order valence-corrected chi connectivity index (χ1v) is 9.09. The van der Waals surface area contributed by atoms with Gasteiger partial charge in [-0.25, -0.2) is 4.98 Å². The van der Waals surface area contributed by atoms with Gasteiger partial charge < -0.3 is 14.4 Å². The van der Waals surface area contributed by atoms with Crippen LogP contribution < -0.4 is 0 Å². The minimum absolute atomic E-state index is 0.0185. The van der Waals surface area contributed by atoms with Gasteiger partial charge in [0.25, 0.3) is 0 Å². The largest absolute Gasteiger partial charge is 0.340 e. The maximum atomic E-state index is 12.7. The van der Waals surface area contributed by atoms with Gasteiger partial charge in [0.05, 0.1) is 6.54 Å². The van der Waals surface area contributed by atoms with E-state index >= 15 is 0 Å². The first kappa shape index (κ1) is 18.2. The molecule has 3 rings (SSSR count). The lowest BCUT2D eigenvalue weighted by atomic mass is 10.1. The van der Waals surface area contributed by atoms with Gasteiger partial charge in [-0.15, -0.1) is 0 Å². The Kier molecular flexibility index (Phi) is 5.71. The number of amides is 2. The van der Waals surface area contributed by atoms with Crippen LogP contribution in [0.5, 0.6) is 0 Å². The fraction of sp³-hybridized carbons (Fsp3) is 0.450. The number of rotatable bonds is 6. The van der Waals surface area contributed by atoms with Crippen molar-refractivity contribution in [3.8, 4) is 0 Å². The first-order chi connectivity index (χ1) is 12.5. The van der Waals surface area contributed by atoms with Gasteiger partial charge in [-0.2, -0.15) is 0 Å². The van der Waals surface area contributed by atoms with Crippen molar-refractivity contribution in [2.75, 3.05) is 26.2 Å². The number of nitrogens with zero attached hydrogens (tertiary/aromatic N) is 4. The zero-order valence-corrected chi connectivity index (χ0v) is 15.5. The number of carbonyl (C=O) groups excluding carboxylic acids is 2. The van der Waals surface area contributed by atoms with Gasteiger partial charge in [0, 0.05) is 51.9 Å². The summed E-state index contributed by atoms with van der Waals surface area (Å²) >= 11 is 0. The Balaban J connectivity index is 1.55. The fourth-order valence-electron chi connectivity index (χ4n) is 3.49. The first-order valence-electron chi connectivity index (χ1n) is 9.09. The molecule has 1 aliphatic heterocycles. The summed E-state index contributed by atoms with van der Waals surface area (Å²) in [6, 6.07) is 10.0. The standard InChI is InChI=1S/C20H26N4O2/c1-16(25)23(11-8-17-6-4-3-5-7-17)15-19(26)24-12-9-18(14-24)20-21-10-13-22(20)2/h3-7,10,13,18H,8-9,11-12,14-15H2,1-2H3. The van der Waals surface area contributed by atoms with Gasteiger partial charge in [0.15, 0.2) is 0 Å². The maximum absolute atomic E-state index is 12.7. The highest BCUT2D eigenvalue weighted by atomic mass is 16.2. The highest BCUT2D eigenvalue weighted by Crippen LogP contribution is 2.25. The third-order valence-electron chi connectivity index (χ3n) is 5.05. The van der Waals surface area contributed by atoms with E-state index in [-0.39, 0.29) is 24.3 Å². The number of hydrogen-bond acceptors (Lipinski definition) is 3.